The van der Waals surface area contributed by atoms with Gasteiger partial charge >= 0.3 is 0 Å². The Labute approximate surface area is 216 Å². The van der Waals surface area contributed by atoms with Gasteiger partial charge in [0.2, 0.25) is 0 Å². The minimum absolute atomic E-state index is 0.0522. The predicted molar refractivity (Wildman–Crippen MR) is 138 cm³/mol. The van der Waals surface area contributed by atoms with E-state index in [1.807, 2.05) is 84.9 Å². The number of azide groups is 1. The van der Waals surface area contributed by atoms with Crippen molar-refractivity contribution in [2.24, 2.45) is 5.11 Å². The monoisotopic (exact) mass is 508 g/mol. The van der Waals surface area contributed by atoms with Gasteiger partial charge in [0, 0.05) is 11.2 Å². The quantitative estimate of drug-likeness (QED) is 0.212. The van der Waals surface area contributed by atoms with E-state index >= 15 is 0 Å². The molecule has 0 aliphatic carbocycles. The van der Waals surface area contributed by atoms with Crippen LogP contribution in [-0.2, 0) is 27.4 Å². The summed E-state index contributed by atoms with van der Waals surface area (Å²) in [7, 11) is 1.61. The molecular formula is C27H29N3O5S. The lowest BCUT2D eigenvalue weighted by molar-refractivity contribution is -0.190. The van der Waals surface area contributed by atoms with Crippen LogP contribution in [0.1, 0.15) is 12.5 Å². The highest BCUT2D eigenvalue weighted by atomic mass is 32.2. The molecule has 1 aliphatic rings. The van der Waals surface area contributed by atoms with Gasteiger partial charge < -0.3 is 24.1 Å². The fourth-order valence-corrected chi connectivity index (χ4v) is 4.84. The first-order valence-electron chi connectivity index (χ1n) is 12.0. The molecule has 0 spiro atoms. The van der Waals surface area contributed by atoms with E-state index in [0.29, 0.717) is 6.61 Å². The van der Waals surface area contributed by atoms with Crippen molar-refractivity contribution < 1.29 is 25.4 Å². The van der Waals surface area contributed by atoms with Crippen LogP contribution < -0.4 is 4.74 Å². The number of benzene rings is 3. The second-order valence-electron chi connectivity index (χ2n) is 8.12. The largest absolute Gasteiger partial charge is 0.497 e. The van der Waals surface area contributed by atoms with Crippen molar-refractivity contribution in [2.75, 3.05) is 13.7 Å². The Morgan fingerprint density at radius 1 is 1.00 bits per heavy atom. The number of thioether (sulfide) groups is 1. The summed E-state index contributed by atoms with van der Waals surface area (Å²) in [5.41, 5.74) is 10.2. The SMILES string of the molecule is [2H][C@]1(N=[N+]=[N-])[C@H](Sc2ccccc2)O[C@H](COCc2ccc(OC)cc2)[C@@H](O)[C@@H]1OCc1ccccc1. The van der Waals surface area contributed by atoms with Gasteiger partial charge in [0.25, 0.3) is 0 Å². The standard InChI is InChI=1S/C27H29N3O5S/c1-32-21-14-12-20(13-15-21)16-33-18-23-25(31)26(34-17-19-8-4-2-5-9-19)24(29-30-28)27(35-23)36-22-10-6-3-7-11-22/h2-15,23-27,31H,16-18H2,1H3/t23-,24-,25-,26-,27+/m1/s1/i24D. The van der Waals surface area contributed by atoms with Crippen molar-refractivity contribution in [2.45, 2.75) is 47.9 Å². The topological polar surface area (TPSA) is 106 Å². The van der Waals surface area contributed by atoms with Crippen molar-refractivity contribution in [3.63, 3.8) is 0 Å². The zero-order chi connectivity index (χ0) is 26.1. The lowest BCUT2D eigenvalue weighted by Gasteiger charge is -2.42. The molecule has 0 amide bonds. The van der Waals surface area contributed by atoms with E-state index in [4.69, 9.17) is 20.3 Å². The fraction of sp³-hybridized carbons (Fsp3) is 0.333. The van der Waals surface area contributed by atoms with Gasteiger partial charge in [-0.3, -0.25) is 0 Å². The molecule has 1 aliphatic heterocycles. The van der Waals surface area contributed by atoms with Gasteiger partial charge in [0.05, 0.1) is 33.0 Å². The van der Waals surface area contributed by atoms with Crippen molar-refractivity contribution in [3.8, 4) is 5.75 Å². The maximum Gasteiger partial charge on any atom is 0.119 e. The van der Waals surface area contributed by atoms with Crippen LogP contribution in [0.5, 0.6) is 5.75 Å². The summed E-state index contributed by atoms with van der Waals surface area (Å²) in [5, 5.41) is 15.0. The summed E-state index contributed by atoms with van der Waals surface area (Å²) in [4.78, 5) is 3.74. The highest BCUT2D eigenvalue weighted by molar-refractivity contribution is 7.99. The third-order valence-corrected chi connectivity index (χ3v) is 6.76. The maximum atomic E-state index is 11.3. The zero-order valence-electron chi connectivity index (χ0n) is 20.8. The summed E-state index contributed by atoms with van der Waals surface area (Å²) in [5.74, 6) is 0.749. The second-order valence-corrected chi connectivity index (χ2v) is 9.26. The number of hydrogen-bond acceptors (Lipinski definition) is 7. The zero-order valence-corrected chi connectivity index (χ0v) is 20.7. The Hall–Kier alpha value is -3.04. The maximum absolute atomic E-state index is 11.3. The third-order valence-electron chi connectivity index (χ3n) is 5.65. The van der Waals surface area contributed by atoms with Crippen LogP contribution in [-0.4, -0.2) is 48.6 Å². The van der Waals surface area contributed by atoms with Crippen LogP contribution >= 0.6 is 11.8 Å². The average Bonchev–Trinajstić information content (AvgIpc) is 2.93. The summed E-state index contributed by atoms with van der Waals surface area (Å²) in [6.45, 7) is 0.480. The van der Waals surface area contributed by atoms with Crippen LogP contribution in [0.25, 0.3) is 10.4 Å². The van der Waals surface area contributed by atoms with E-state index < -0.39 is 29.8 Å². The number of aliphatic hydroxyl groups excluding tert-OH is 1. The molecular weight excluding hydrogens is 478 g/mol. The summed E-state index contributed by atoms with van der Waals surface area (Å²) < 4.78 is 32.4. The van der Waals surface area contributed by atoms with Gasteiger partial charge in [-0.05, 0) is 40.9 Å². The van der Waals surface area contributed by atoms with Crippen LogP contribution in [0, 0.1) is 0 Å². The van der Waals surface area contributed by atoms with E-state index in [1.54, 1.807) is 7.11 Å². The minimum atomic E-state index is -1.93. The van der Waals surface area contributed by atoms with Crippen molar-refractivity contribution in [1.82, 2.24) is 0 Å². The number of methoxy groups -OCH3 is 1. The van der Waals surface area contributed by atoms with Crippen molar-refractivity contribution in [1.29, 1.82) is 0 Å². The molecule has 9 heteroatoms. The van der Waals surface area contributed by atoms with Crippen LogP contribution in [0.15, 0.2) is 94.9 Å². The smallest absolute Gasteiger partial charge is 0.119 e. The molecule has 188 valence electrons. The first kappa shape index (κ1) is 24.6. The Balaban J connectivity index is 1.54. The number of nitrogens with zero attached hydrogens (tertiary/aromatic N) is 3. The summed E-state index contributed by atoms with van der Waals surface area (Å²) >= 11 is 1.24. The molecule has 0 unspecified atom stereocenters. The van der Waals surface area contributed by atoms with Gasteiger partial charge in [0.15, 0.2) is 0 Å². The highest BCUT2D eigenvalue weighted by Crippen LogP contribution is 2.36. The first-order valence-corrected chi connectivity index (χ1v) is 12.4. The normalized spacial score (nSPS) is 26.0. The van der Waals surface area contributed by atoms with E-state index in [1.165, 1.54) is 11.8 Å². The van der Waals surface area contributed by atoms with E-state index in [0.717, 1.165) is 21.8 Å². The van der Waals surface area contributed by atoms with E-state index in [2.05, 4.69) is 10.0 Å². The van der Waals surface area contributed by atoms with Crippen molar-refractivity contribution >= 4 is 11.8 Å². The molecule has 8 nitrogen and oxygen atoms in total. The molecule has 1 heterocycles. The molecule has 3 aromatic carbocycles. The molecule has 0 saturated carbocycles. The third kappa shape index (κ3) is 7.01. The van der Waals surface area contributed by atoms with E-state index in [9.17, 15) is 10.6 Å². The first-order chi connectivity index (χ1) is 18.0. The van der Waals surface area contributed by atoms with Crippen LogP contribution in [0.2, 0.25) is 0 Å². The average molecular weight is 509 g/mol. The predicted octanol–water partition coefficient (Wildman–Crippen LogP) is 5.35. The molecule has 1 fully saturated rings. The lowest BCUT2D eigenvalue weighted by Crippen LogP contribution is -2.57. The van der Waals surface area contributed by atoms with E-state index in [-0.39, 0.29) is 13.2 Å². The minimum Gasteiger partial charge on any atom is -0.497 e. The summed E-state index contributed by atoms with van der Waals surface area (Å²) in [6.07, 6.45) is -3.24. The second kappa shape index (κ2) is 13.3. The van der Waals surface area contributed by atoms with Gasteiger partial charge in [0.1, 0.15) is 29.4 Å². The molecule has 0 radical (unpaired) electrons. The Bertz CT molecular complexity index is 1170. The van der Waals surface area contributed by atoms with Crippen molar-refractivity contribution in [3.05, 3.63) is 106 Å². The highest BCUT2D eigenvalue weighted by Gasteiger charge is 2.46. The molecule has 4 rings (SSSR count). The number of hydrogen-bond donors (Lipinski definition) is 1. The van der Waals surface area contributed by atoms with Crippen LogP contribution in [0.4, 0.5) is 0 Å². The van der Waals surface area contributed by atoms with Gasteiger partial charge in [-0.15, -0.1) is 0 Å². The molecule has 0 bridgehead atoms. The van der Waals surface area contributed by atoms with Gasteiger partial charge in [-0.1, -0.05) is 77.5 Å². The fourth-order valence-electron chi connectivity index (χ4n) is 3.78. The lowest BCUT2D eigenvalue weighted by atomic mass is 9.98. The van der Waals surface area contributed by atoms with Crippen LogP contribution in [0.3, 0.4) is 0 Å². The molecule has 36 heavy (non-hydrogen) atoms. The summed E-state index contributed by atoms with van der Waals surface area (Å²) in [6, 6.07) is 24.4. The number of aliphatic hydroxyl groups is 1. The molecule has 5 atom stereocenters. The molecule has 1 N–H and O–H groups in total. The molecule has 1 saturated heterocycles. The van der Waals surface area contributed by atoms with Gasteiger partial charge in [-0.25, -0.2) is 0 Å². The Morgan fingerprint density at radius 2 is 1.67 bits per heavy atom. The Kier molecular flexibility index (Phi) is 9.12. The Morgan fingerprint density at radius 3 is 2.33 bits per heavy atom. The van der Waals surface area contributed by atoms with Gasteiger partial charge in [-0.2, -0.15) is 0 Å². The number of ether oxygens (including phenoxy) is 4. The molecule has 3 aromatic rings. The number of rotatable bonds is 11. The molecule has 0 aromatic heterocycles.